The lowest BCUT2D eigenvalue weighted by atomic mass is 9.49. The minimum atomic E-state index is -0.916. The first-order valence-electron chi connectivity index (χ1n) is 7.56. The van der Waals surface area contributed by atoms with E-state index in [1.807, 2.05) is 0 Å². The Kier molecular flexibility index (Phi) is 3.06. The van der Waals surface area contributed by atoms with Crippen LogP contribution in [0.2, 0.25) is 0 Å². The number of carbonyl (C=O) groups is 2. The molecule has 4 saturated carbocycles. The summed E-state index contributed by atoms with van der Waals surface area (Å²) in [6.45, 7) is 1.80. The molecule has 106 valence electrons. The van der Waals surface area contributed by atoms with Crippen molar-refractivity contribution in [2.45, 2.75) is 57.9 Å². The molecular formula is C15H23NO3. The number of aliphatic carboxylic acids is 1. The van der Waals surface area contributed by atoms with E-state index in [0.717, 1.165) is 19.3 Å². The second-order valence-corrected chi connectivity index (χ2v) is 6.97. The number of carboxylic acid groups (broad SMARTS) is 1. The highest BCUT2D eigenvalue weighted by atomic mass is 16.4. The lowest BCUT2D eigenvalue weighted by Crippen LogP contribution is -2.56. The Morgan fingerprint density at radius 1 is 1.16 bits per heavy atom. The molecule has 1 amide bonds. The van der Waals surface area contributed by atoms with Gasteiger partial charge in [-0.3, -0.25) is 4.79 Å². The molecule has 19 heavy (non-hydrogen) atoms. The van der Waals surface area contributed by atoms with Crippen molar-refractivity contribution in [1.29, 1.82) is 0 Å². The van der Waals surface area contributed by atoms with E-state index in [9.17, 15) is 9.59 Å². The van der Waals surface area contributed by atoms with Gasteiger partial charge in [0, 0.05) is 5.41 Å². The topological polar surface area (TPSA) is 66.4 Å². The molecule has 4 nitrogen and oxygen atoms in total. The first-order chi connectivity index (χ1) is 9.02. The molecule has 0 radical (unpaired) electrons. The first-order valence-corrected chi connectivity index (χ1v) is 7.56. The summed E-state index contributed by atoms with van der Waals surface area (Å²) >= 11 is 0. The molecule has 4 fully saturated rings. The maximum Gasteiger partial charge on any atom is 0.326 e. The fourth-order valence-electron chi connectivity index (χ4n) is 5.04. The van der Waals surface area contributed by atoms with E-state index >= 15 is 0 Å². The van der Waals surface area contributed by atoms with Crippen LogP contribution in [0.15, 0.2) is 0 Å². The van der Waals surface area contributed by atoms with Crippen molar-refractivity contribution < 1.29 is 14.7 Å². The summed E-state index contributed by atoms with van der Waals surface area (Å²) in [5.41, 5.74) is -0.238. The lowest BCUT2D eigenvalue weighted by Gasteiger charge is -2.55. The maximum atomic E-state index is 12.6. The SMILES string of the molecule is CC[C@@H](NC(=O)C12CC3CC(CC(C3)C1)C2)C(=O)O. The van der Waals surface area contributed by atoms with Crippen LogP contribution in [-0.2, 0) is 9.59 Å². The van der Waals surface area contributed by atoms with Gasteiger partial charge in [-0.1, -0.05) is 6.92 Å². The Bertz CT molecular complexity index is 369. The van der Waals surface area contributed by atoms with Gasteiger partial charge in [-0.05, 0) is 62.7 Å². The standard InChI is InChI=1S/C15H23NO3/c1-2-12(13(17)18)16-14(19)15-6-9-3-10(7-15)5-11(4-9)8-15/h9-12H,2-8H2,1H3,(H,16,19)(H,17,18)/t9?,10?,11?,12-,15?/m1/s1. The average Bonchev–Trinajstić information content (AvgIpc) is 2.33. The van der Waals surface area contributed by atoms with Crippen LogP contribution in [-0.4, -0.2) is 23.0 Å². The molecule has 4 bridgehead atoms. The van der Waals surface area contributed by atoms with Crippen molar-refractivity contribution in [3.63, 3.8) is 0 Å². The van der Waals surface area contributed by atoms with E-state index in [0.29, 0.717) is 24.2 Å². The van der Waals surface area contributed by atoms with Gasteiger partial charge in [0.25, 0.3) is 0 Å². The predicted molar refractivity (Wildman–Crippen MR) is 70.5 cm³/mol. The molecule has 0 heterocycles. The van der Waals surface area contributed by atoms with Crippen LogP contribution in [0.1, 0.15) is 51.9 Å². The highest BCUT2D eigenvalue weighted by Crippen LogP contribution is 2.60. The molecule has 4 aliphatic carbocycles. The molecule has 0 aromatic rings. The van der Waals surface area contributed by atoms with E-state index in [4.69, 9.17) is 5.11 Å². The number of amides is 1. The van der Waals surface area contributed by atoms with E-state index < -0.39 is 12.0 Å². The van der Waals surface area contributed by atoms with Gasteiger partial charge in [0.15, 0.2) is 0 Å². The zero-order valence-electron chi connectivity index (χ0n) is 11.5. The zero-order chi connectivity index (χ0) is 13.6. The Balaban J connectivity index is 1.74. The van der Waals surface area contributed by atoms with Gasteiger partial charge in [0.2, 0.25) is 5.91 Å². The number of nitrogens with one attached hydrogen (secondary N) is 1. The molecule has 0 aromatic carbocycles. The zero-order valence-corrected chi connectivity index (χ0v) is 11.5. The highest BCUT2D eigenvalue weighted by Gasteiger charge is 2.54. The van der Waals surface area contributed by atoms with Crippen molar-refractivity contribution in [3.05, 3.63) is 0 Å². The average molecular weight is 265 g/mol. The summed E-state index contributed by atoms with van der Waals surface area (Å²) in [7, 11) is 0. The van der Waals surface area contributed by atoms with Crippen LogP contribution in [0.5, 0.6) is 0 Å². The highest BCUT2D eigenvalue weighted by molar-refractivity contribution is 5.87. The third kappa shape index (κ3) is 2.15. The minimum absolute atomic E-state index is 0.0147. The molecule has 0 unspecified atom stereocenters. The largest absolute Gasteiger partial charge is 0.480 e. The second kappa shape index (κ2) is 4.50. The van der Waals surface area contributed by atoms with Crippen molar-refractivity contribution in [2.75, 3.05) is 0 Å². The molecule has 0 spiro atoms. The fourth-order valence-corrected chi connectivity index (χ4v) is 5.04. The predicted octanol–water partition coefficient (Wildman–Crippen LogP) is 2.18. The van der Waals surface area contributed by atoms with Crippen molar-refractivity contribution in [3.8, 4) is 0 Å². The molecule has 4 aliphatic rings. The Labute approximate surface area is 113 Å². The van der Waals surface area contributed by atoms with Gasteiger partial charge in [-0.25, -0.2) is 4.79 Å². The summed E-state index contributed by atoms with van der Waals surface area (Å²) in [4.78, 5) is 23.7. The van der Waals surface area contributed by atoms with E-state index in [1.165, 1.54) is 19.3 Å². The van der Waals surface area contributed by atoms with E-state index in [1.54, 1.807) is 6.92 Å². The Morgan fingerprint density at radius 3 is 2.00 bits per heavy atom. The summed E-state index contributed by atoms with van der Waals surface area (Å²) < 4.78 is 0. The number of carboxylic acids is 1. The number of hydrogen-bond acceptors (Lipinski definition) is 2. The molecule has 1 atom stereocenters. The van der Waals surface area contributed by atoms with E-state index in [-0.39, 0.29) is 11.3 Å². The smallest absolute Gasteiger partial charge is 0.326 e. The van der Waals surface area contributed by atoms with Crippen LogP contribution in [0.25, 0.3) is 0 Å². The van der Waals surface area contributed by atoms with Gasteiger partial charge in [0.1, 0.15) is 6.04 Å². The second-order valence-electron chi connectivity index (χ2n) is 6.97. The third-order valence-corrected chi connectivity index (χ3v) is 5.53. The number of rotatable bonds is 4. The molecule has 4 heteroatoms. The van der Waals surface area contributed by atoms with Crippen LogP contribution in [0, 0.1) is 23.2 Å². The molecule has 0 aromatic heterocycles. The van der Waals surface area contributed by atoms with Crippen molar-refractivity contribution in [1.82, 2.24) is 5.32 Å². The summed E-state index contributed by atoms with van der Waals surface area (Å²) in [6.07, 6.45) is 7.30. The van der Waals surface area contributed by atoms with Gasteiger partial charge in [-0.2, -0.15) is 0 Å². The molecular weight excluding hydrogens is 242 g/mol. The molecule has 0 saturated heterocycles. The number of carbonyl (C=O) groups excluding carboxylic acids is 1. The maximum absolute atomic E-state index is 12.6. The molecule has 2 N–H and O–H groups in total. The summed E-state index contributed by atoms with van der Waals surface area (Å²) in [6, 6.07) is -0.722. The lowest BCUT2D eigenvalue weighted by molar-refractivity contribution is -0.151. The van der Waals surface area contributed by atoms with Gasteiger partial charge >= 0.3 is 5.97 Å². The quantitative estimate of drug-likeness (QED) is 0.818. The fraction of sp³-hybridized carbons (Fsp3) is 0.867. The van der Waals surface area contributed by atoms with Gasteiger partial charge in [-0.15, -0.1) is 0 Å². The monoisotopic (exact) mass is 265 g/mol. The van der Waals surface area contributed by atoms with Gasteiger partial charge in [0.05, 0.1) is 0 Å². The number of hydrogen-bond donors (Lipinski definition) is 2. The molecule has 4 rings (SSSR count). The van der Waals surface area contributed by atoms with Crippen LogP contribution in [0.3, 0.4) is 0 Å². The van der Waals surface area contributed by atoms with Crippen molar-refractivity contribution in [2.24, 2.45) is 23.2 Å². The molecule has 0 aliphatic heterocycles. The van der Waals surface area contributed by atoms with Gasteiger partial charge < -0.3 is 10.4 Å². The Hall–Kier alpha value is -1.06. The van der Waals surface area contributed by atoms with Crippen LogP contribution < -0.4 is 5.32 Å². The Morgan fingerprint density at radius 2 is 1.63 bits per heavy atom. The third-order valence-electron chi connectivity index (χ3n) is 5.53. The summed E-state index contributed by atoms with van der Waals surface area (Å²) in [5.74, 6) is 1.23. The van der Waals surface area contributed by atoms with Crippen molar-refractivity contribution >= 4 is 11.9 Å². The summed E-state index contributed by atoms with van der Waals surface area (Å²) in [5, 5.41) is 11.9. The van der Waals surface area contributed by atoms with E-state index in [2.05, 4.69) is 5.32 Å². The normalized spacial score (nSPS) is 41.0. The minimum Gasteiger partial charge on any atom is -0.480 e. The van der Waals surface area contributed by atoms with Crippen LogP contribution in [0.4, 0.5) is 0 Å². The van der Waals surface area contributed by atoms with Crippen LogP contribution >= 0.6 is 0 Å². The first kappa shape index (κ1) is 12.9.